The summed E-state index contributed by atoms with van der Waals surface area (Å²) in [5, 5.41) is -0.214. The van der Waals surface area contributed by atoms with Crippen LogP contribution in [0, 0.1) is 5.82 Å². The third-order valence-corrected chi connectivity index (χ3v) is 7.28. The van der Waals surface area contributed by atoms with E-state index >= 15 is 0 Å². The number of halogens is 2. The van der Waals surface area contributed by atoms with Crippen LogP contribution in [0.2, 0.25) is 5.02 Å². The number of rotatable bonds is 9. The van der Waals surface area contributed by atoms with Crippen LogP contribution >= 0.6 is 11.6 Å². The summed E-state index contributed by atoms with van der Waals surface area (Å²) in [5.74, 6) is -1.19. The van der Waals surface area contributed by atoms with Crippen molar-refractivity contribution < 1.29 is 27.1 Å². The summed E-state index contributed by atoms with van der Waals surface area (Å²) < 4.78 is 53.3. The molecule has 3 aromatic rings. The lowest BCUT2D eigenvalue weighted by atomic mass is 10.1. The van der Waals surface area contributed by atoms with Crippen molar-refractivity contribution in [3.63, 3.8) is 0 Å². The number of carbonyl (C=O) groups excluding carboxylic acids is 1. The van der Waals surface area contributed by atoms with E-state index in [1.807, 2.05) is 54.6 Å². The first kappa shape index (κ1) is 24.2. The first-order valence-corrected chi connectivity index (χ1v) is 12.6. The Morgan fingerprint density at radius 2 is 1.82 bits per heavy atom. The van der Waals surface area contributed by atoms with Crippen LogP contribution < -0.4 is 9.46 Å². The second kappa shape index (κ2) is 10.1. The fourth-order valence-corrected chi connectivity index (χ4v) is 5.21. The minimum Gasteiger partial charge on any atom is -0.489 e. The Hall–Kier alpha value is -2.94. The number of hydrogen-bond acceptors (Lipinski definition) is 5. The molecule has 0 heterocycles. The molecule has 1 aliphatic carbocycles. The number of nitrogens with one attached hydrogen (secondary N) is 1. The van der Waals surface area contributed by atoms with Crippen LogP contribution in [0.4, 0.5) is 4.39 Å². The van der Waals surface area contributed by atoms with Gasteiger partial charge < -0.3 is 9.47 Å². The zero-order valence-corrected chi connectivity index (χ0v) is 19.9. The molecule has 4 rings (SSSR count). The van der Waals surface area contributed by atoms with Gasteiger partial charge >= 0.3 is 5.97 Å². The fraction of sp³-hybridized carbons (Fsp3) is 0.240. The number of esters is 1. The molecule has 6 nitrogen and oxygen atoms in total. The van der Waals surface area contributed by atoms with Crippen molar-refractivity contribution in [2.24, 2.45) is 0 Å². The van der Waals surface area contributed by atoms with Gasteiger partial charge in [-0.15, -0.1) is 0 Å². The molecule has 1 aliphatic rings. The summed E-state index contributed by atoms with van der Waals surface area (Å²) in [4.78, 5) is 11.4. The lowest BCUT2D eigenvalue weighted by molar-refractivity contribution is 0.0526. The Bertz CT molecular complexity index is 1280. The van der Waals surface area contributed by atoms with Crippen molar-refractivity contribution in [1.29, 1.82) is 0 Å². The summed E-state index contributed by atoms with van der Waals surface area (Å²) in [6, 6.07) is 18.6. The largest absolute Gasteiger partial charge is 0.489 e. The molecule has 1 saturated carbocycles. The first-order valence-electron chi connectivity index (χ1n) is 10.7. The van der Waals surface area contributed by atoms with Gasteiger partial charge in [0.15, 0.2) is 0 Å². The van der Waals surface area contributed by atoms with E-state index in [-0.39, 0.29) is 29.2 Å². The molecule has 0 spiro atoms. The number of carbonyl (C=O) groups is 1. The highest BCUT2D eigenvalue weighted by atomic mass is 35.5. The molecule has 0 saturated heterocycles. The van der Waals surface area contributed by atoms with Crippen LogP contribution in [0.3, 0.4) is 0 Å². The van der Waals surface area contributed by atoms with Crippen LogP contribution in [-0.2, 0) is 21.4 Å². The van der Waals surface area contributed by atoms with E-state index in [0.29, 0.717) is 18.8 Å². The third-order valence-electron chi connectivity index (χ3n) is 5.46. The summed E-state index contributed by atoms with van der Waals surface area (Å²) in [6.07, 6.45) is 0.573. The molecule has 0 aliphatic heterocycles. The van der Waals surface area contributed by atoms with Crippen LogP contribution in [0.25, 0.3) is 0 Å². The van der Waals surface area contributed by atoms with E-state index in [2.05, 4.69) is 4.72 Å². The first-order chi connectivity index (χ1) is 16.3. The molecule has 0 unspecified atom stereocenters. The maximum absolute atomic E-state index is 14.4. The van der Waals surface area contributed by atoms with Crippen LogP contribution in [-0.4, -0.2) is 27.0 Å². The van der Waals surface area contributed by atoms with Crippen molar-refractivity contribution in [1.82, 2.24) is 4.72 Å². The van der Waals surface area contributed by atoms with E-state index in [0.717, 1.165) is 23.3 Å². The second-order valence-electron chi connectivity index (χ2n) is 7.90. The molecule has 0 aromatic heterocycles. The second-order valence-corrected chi connectivity index (χ2v) is 9.99. The Balaban J connectivity index is 1.41. The molecule has 0 amide bonds. The van der Waals surface area contributed by atoms with Crippen molar-refractivity contribution in [2.45, 2.75) is 36.8 Å². The predicted octanol–water partition coefficient (Wildman–Crippen LogP) is 5.07. The van der Waals surface area contributed by atoms with Gasteiger partial charge in [-0.25, -0.2) is 22.3 Å². The number of ether oxygens (including phenoxy) is 2. The SMILES string of the molecule is CCOC(=O)c1cc(S(=O)(=O)N[C@@H]2C[C@H]2c2ccc(OCc3ccccc3)cc2)c(F)cc1Cl. The molecule has 1 N–H and O–H groups in total. The molecular weight excluding hydrogens is 481 g/mol. The number of sulfonamides is 1. The normalized spacial score (nSPS) is 17.3. The maximum Gasteiger partial charge on any atom is 0.339 e. The molecule has 178 valence electrons. The monoisotopic (exact) mass is 503 g/mol. The van der Waals surface area contributed by atoms with Gasteiger partial charge in [0.25, 0.3) is 0 Å². The third kappa shape index (κ3) is 5.58. The summed E-state index contributed by atoms with van der Waals surface area (Å²) in [6.45, 7) is 2.13. The molecule has 0 bridgehead atoms. The highest BCUT2D eigenvalue weighted by Gasteiger charge is 2.42. The average Bonchev–Trinajstić information content (AvgIpc) is 3.57. The minimum atomic E-state index is -4.22. The zero-order valence-electron chi connectivity index (χ0n) is 18.3. The standard InChI is InChI=1S/C25H23ClFNO5S/c1-2-32-25(29)20-13-24(22(27)14-21(20)26)34(30,31)28-23-12-19(23)17-8-10-18(11-9-17)33-15-16-6-4-3-5-7-16/h3-11,13-14,19,23,28H,2,12,15H2,1H3/t19-,23+/m0/s1. The summed E-state index contributed by atoms with van der Waals surface area (Å²) >= 11 is 5.91. The van der Waals surface area contributed by atoms with E-state index in [4.69, 9.17) is 21.1 Å². The molecular formula is C25H23ClFNO5S. The van der Waals surface area contributed by atoms with Gasteiger partial charge in [-0.1, -0.05) is 54.1 Å². The van der Waals surface area contributed by atoms with Gasteiger partial charge in [0, 0.05) is 12.0 Å². The van der Waals surface area contributed by atoms with E-state index in [9.17, 15) is 17.6 Å². The molecule has 9 heteroatoms. The van der Waals surface area contributed by atoms with Gasteiger partial charge in [0.2, 0.25) is 10.0 Å². The van der Waals surface area contributed by atoms with Gasteiger partial charge in [0.1, 0.15) is 23.1 Å². The zero-order chi connectivity index (χ0) is 24.3. The number of hydrogen-bond donors (Lipinski definition) is 1. The van der Waals surface area contributed by atoms with Crippen molar-refractivity contribution >= 4 is 27.6 Å². The fourth-order valence-electron chi connectivity index (χ4n) is 3.61. The van der Waals surface area contributed by atoms with Crippen molar-refractivity contribution in [3.05, 3.63) is 94.3 Å². The van der Waals surface area contributed by atoms with Gasteiger partial charge in [-0.2, -0.15) is 0 Å². The molecule has 0 radical (unpaired) electrons. The van der Waals surface area contributed by atoms with Gasteiger partial charge in [-0.05, 0) is 48.7 Å². The average molecular weight is 504 g/mol. The van der Waals surface area contributed by atoms with Crippen molar-refractivity contribution in [3.8, 4) is 5.75 Å². The molecule has 34 heavy (non-hydrogen) atoms. The Kier molecular flexibility index (Phi) is 7.21. The molecule has 3 aromatic carbocycles. The van der Waals surface area contributed by atoms with Crippen LogP contribution in [0.5, 0.6) is 5.75 Å². The molecule has 2 atom stereocenters. The quantitative estimate of drug-likeness (QED) is 0.412. The lowest BCUT2D eigenvalue weighted by Crippen LogP contribution is -2.28. The lowest BCUT2D eigenvalue weighted by Gasteiger charge is -2.11. The van der Waals surface area contributed by atoms with E-state index < -0.39 is 26.7 Å². The number of benzene rings is 3. The Morgan fingerprint density at radius 1 is 1.12 bits per heavy atom. The minimum absolute atomic E-state index is 0.0437. The maximum atomic E-state index is 14.4. The van der Waals surface area contributed by atoms with Crippen LogP contribution in [0.15, 0.2) is 71.6 Å². The Morgan fingerprint density at radius 3 is 2.50 bits per heavy atom. The topological polar surface area (TPSA) is 81.7 Å². The van der Waals surface area contributed by atoms with Gasteiger partial charge in [0.05, 0.1) is 17.2 Å². The van der Waals surface area contributed by atoms with Gasteiger partial charge in [-0.3, -0.25) is 0 Å². The predicted molar refractivity (Wildman–Crippen MR) is 126 cm³/mol. The smallest absolute Gasteiger partial charge is 0.339 e. The van der Waals surface area contributed by atoms with Crippen molar-refractivity contribution in [2.75, 3.05) is 6.61 Å². The van der Waals surface area contributed by atoms with E-state index in [1.165, 1.54) is 0 Å². The highest BCUT2D eigenvalue weighted by molar-refractivity contribution is 7.89. The van der Waals surface area contributed by atoms with E-state index in [1.54, 1.807) is 6.92 Å². The molecule has 1 fully saturated rings. The van der Waals surface area contributed by atoms with Crippen LogP contribution in [0.1, 0.15) is 40.7 Å². The highest BCUT2D eigenvalue weighted by Crippen LogP contribution is 2.42. The summed E-state index contributed by atoms with van der Waals surface area (Å²) in [7, 11) is -4.22. The Labute approximate surface area is 202 Å². The summed E-state index contributed by atoms with van der Waals surface area (Å²) in [5.41, 5.74) is 1.80.